The van der Waals surface area contributed by atoms with Gasteiger partial charge in [0.2, 0.25) is 0 Å². The number of fused-ring (bicyclic) bond motifs is 1. The van der Waals surface area contributed by atoms with Gasteiger partial charge in [-0.25, -0.2) is 9.67 Å². The Bertz CT molecular complexity index is 768. The van der Waals surface area contributed by atoms with Gasteiger partial charge in [-0.2, -0.15) is 5.26 Å². The smallest absolute Gasteiger partial charge is 0.252 e. The molecule has 2 aromatic heterocycles. The second kappa shape index (κ2) is 3.82. The molecule has 0 saturated carbocycles. The van der Waals surface area contributed by atoms with Crippen molar-refractivity contribution in [1.82, 2.24) is 19.7 Å². The molecule has 0 bridgehead atoms. The summed E-state index contributed by atoms with van der Waals surface area (Å²) in [7, 11) is 0. The molecule has 1 aromatic carbocycles. The summed E-state index contributed by atoms with van der Waals surface area (Å²) < 4.78 is 1.49. The fourth-order valence-corrected chi connectivity index (χ4v) is 1.79. The maximum atomic E-state index is 8.71. The maximum Gasteiger partial charge on any atom is 0.252 e. The number of benzene rings is 1. The predicted molar refractivity (Wildman–Crippen MR) is 65.8 cm³/mol. The summed E-state index contributed by atoms with van der Waals surface area (Å²) in [5.41, 5.74) is 8.16. The first-order valence-electron chi connectivity index (χ1n) is 5.25. The van der Waals surface area contributed by atoms with E-state index in [9.17, 15) is 0 Å². The second-order valence-corrected chi connectivity index (χ2v) is 3.69. The average molecular weight is 236 g/mol. The van der Waals surface area contributed by atoms with Crippen LogP contribution in [0.15, 0.2) is 36.8 Å². The van der Waals surface area contributed by atoms with Crippen LogP contribution in [0.5, 0.6) is 0 Å². The Labute approximate surface area is 102 Å². The number of nitrogens with two attached hydrogens (primary N) is 1. The van der Waals surface area contributed by atoms with Gasteiger partial charge in [0, 0.05) is 11.6 Å². The molecular formula is C12H8N6. The van der Waals surface area contributed by atoms with E-state index in [2.05, 4.69) is 15.1 Å². The van der Waals surface area contributed by atoms with E-state index < -0.39 is 0 Å². The second-order valence-electron chi connectivity index (χ2n) is 3.69. The number of anilines is 1. The lowest BCUT2D eigenvalue weighted by Crippen LogP contribution is -2.01. The zero-order valence-corrected chi connectivity index (χ0v) is 9.28. The molecule has 0 aliphatic rings. The molecule has 6 nitrogen and oxygen atoms in total. The van der Waals surface area contributed by atoms with Gasteiger partial charge in [-0.05, 0) is 24.3 Å². The molecular weight excluding hydrogens is 228 g/mol. The summed E-state index contributed by atoms with van der Waals surface area (Å²) in [6, 6.07) is 9.26. The number of hydrogen-bond donors (Lipinski definition) is 1. The van der Waals surface area contributed by atoms with Gasteiger partial charge in [0.15, 0.2) is 0 Å². The van der Waals surface area contributed by atoms with Crippen LogP contribution in [0.3, 0.4) is 0 Å². The molecule has 0 radical (unpaired) electrons. The summed E-state index contributed by atoms with van der Waals surface area (Å²) in [5.74, 6) is 0.112. The molecule has 0 unspecified atom stereocenters. The van der Waals surface area contributed by atoms with Crippen molar-refractivity contribution >= 4 is 16.6 Å². The van der Waals surface area contributed by atoms with Crippen LogP contribution in [0, 0.1) is 11.3 Å². The molecule has 86 valence electrons. The van der Waals surface area contributed by atoms with Gasteiger partial charge >= 0.3 is 0 Å². The van der Waals surface area contributed by atoms with Gasteiger partial charge in [-0.3, -0.25) is 4.98 Å². The van der Waals surface area contributed by atoms with Crippen molar-refractivity contribution in [2.75, 3.05) is 5.73 Å². The third kappa shape index (κ3) is 1.46. The Morgan fingerprint density at radius 3 is 2.89 bits per heavy atom. The lowest BCUT2D eigenvalue weighted by Gasteiger charge is -2.07. The average Bonchev–Trinajstić information content (AvgIpc) is 2.88. The third-order valence-electron chi connectivity index (χ3n) is 2.64. The van der Waals surface area contributed by atoms with Gasteiger partial charge in [-0.15, -0.1) is 5.10 Å². The first-order valence-corrected chi connectivity index (χ1v) is 5.25. The van der Waals surface area contributed by atoms with E-state index >= 15 is 0 Å². The van der Waals surface area contributed by atoms with Gasteiger partial charge in [0.25, 0.3) is 5.82 Å². The van der Waals surface area contributed by atoms with Crippen molar-refractivity contribution in [3.05, 3.63) is 42.6 Å². The molecule has 3 rings (SSSR count). The van der Waals surface area contributed by atoms with Crippen LogP contribution in [-0.2, 0) is 0 Å². The third-order valence-corrected chi connectivity index (χ3v) is 2.64. The van der Waals surface area contributed by atoms with Crippen molar-refractivity contribution in [3.8, 4) is 11.8 Å². The van der Waals surface area contributed by atoms with Crippen LogP contribution in [0.1, 0.15) is 5.82 Å². The molecule has 0 fully saturated rings. The molecule has 0 amide bonds. The van der Waals surface area contributed by atoms with Crippen LogP contribution in [0.25, 0.3) is 16.6 Å². The van der Waals surface area contributed by atoms with E-state index in [1.807, 2.05) is 24.3 Å². The fraction of sp³-hybridized carbons (Fsp3) is 0. The number of aromatic nitrogens is 4. The van der Waals surface area contributed by atoms with Crippen molar-refractivity contribution in [2.45, 2.75) is 0 Å². The van der Waals surface area contributed by atoms with E-state index in [0.29, 0.717) is 11.4 Å². The minimum Gasteiger partial charge on any atom is -0.396 e. The van der Waals surface area contributed by atoms with Crippen LogP contribution in [0.4, 0.5) is 5.69 Å². The molecule has 0 aliphatic carbocycles. The van der Waals surface area contributed by atoms with Crippen molar-refractivity contribution in [2.24, 2.45) is 0 Å². The minimum absolute atomic E-state index is 0.112. The van der Waals surface area contributed by atoms with E-state index in [-0.39, 0.29) is 5.82 Å². The summed E-state index contributed by atoms with van der Waals surface area (Å²) in [5, 5.41) is 13.6. The number of pyridine rings is 1. The highest BCUT2D eigenvalue weighted by Gasteiger charge is 2.08. The van der Waals surface area contributed by atoms with Gasteiger partial charge in [0.1, 0.15) is 12.4 Å². The molecule has 18 heavy (non-hydrogen) atoms. The van der Waals surface area contributed by atoms with E-state index in [0.717, 1.165) is 10.9 Å². The lowest BCUT2D eigenvalue weighted by molar-refractivity contribution is 0.876. The van der Waals surface area contributed by atoms with Crippen LogP contribution >= 0.6 is 0 Å². The van der Waals surface area contributed by atoms with Crippen LogP contribution < -0.4 is 5.73 Å². The molecule has 0 aliphatic heterocycles. The Kier molecular flexibility index (Phi) is 2.17. The highest BCUT2D eigenvalue weighted by atomic mass is 15.3. The zero-order chi connectivity index (χ0) is 12.5. The zero-order valence-electron chi connectivity index (χ0n) is 9.28. The van der Waals surface area contributed by atoms with E-state index in [4.69, 9.17) is 11.0 Å². The Balaban J connectivity index is 2.24. The largest absolute Gasteiger partial charge is 0.396 e. The van der Waals surface area contributed by atoms with Crippen LogP contribution in [-0.4, -0.2) is 19.7 Å². The van der Waals surface area contributed by atoms with Crippen LogP contribution in [0.2, 0.25) is 0 Å². The van der Waals surface area contributed by atoms with Gasteiger partial charge < -0.3 is 5.73 Å². The van der Waals surface area contributed by atoms with Gasteiger partial charge in [-0.1, -0.05) is 0 Å². The Hall–Kier alpha value is -2.94. The Morgan fingerprint density at radius 2 is 2.11 bits per heavy atom. The lowest BCUT2D eigenvalue weighted by atomic mass is 10.1. The van der Waals surface area contributed by atoms with Gasteiger partial charge in [0.05, 0.1) is 16.9 Å². The number of hydrogen-bond acceptors (Lipinski definition) is 5. The quantitative estimate of drug-likeness (QED) is 0.642. The molecule has 0 spiro atoms. The predicted octanol–water partition coefficient (Wildman–Crippen LogP) is 1.27. The first-order chi connectivity index (χ1) is 8.79. The molecule has 3 aromatic rings. The SMILES string of the molecule is N#Cc1ncn(-c2ccc3ncccc3c2N)n1. The first kappa shape index (κ1) is 10.2. The summed E-state index contributed by atoms with van der Waals surface area (Å²) in [4.78, 5) is 8.07. The molecule has 2 heterocycles. The molecule has 0 atom stereocenters. The summed E-state index contributed by atoms with van der Waals surface area (Å²) in [6.07, 6.45) is 3.18. The fourth-order valence-electron chi connectivity index (χ4n) is 1.79. The van der Waals surface area contributed by atoms with Crippen molar-refractivity contribution in [3.63, 3.8) is 0 Å². The number of nitriles is 1. The van der Waals surface area contributed by atoms with Crippen molar-refractivity contribution in [1.29, 1.82) is 5.26 Å². The number of nitrogens with zero attached hydrogens (tertiary/aromatic N) is 5. The highest BCUT2D eigenvalue weighted by Crippen LogP contribution is 2.25. The summed E-state index contributed by atoms with van der Waals surface area (Å²) in [6.45, 7) is 0. The Morgan fingerprint density at radius 1 is 1.22 bits per heavy atom. The van der Waals surface area contributed by atoms with E-state index in [1.54, 1.807) is 12.3 Å². The topological polar surface area (TPSA) is 93.4 Å². The molecule has 0 saturated heterocycles. The maximum absolute atomic E-state index is 8.71. The number of rotatable bonds is 1. The normalized spacial score (nSPS) is 10.4. The number of nitrogen functional groups attached to an aromatic ring is 1. The van der Waals surface area contributed by atoms with E-state index in [1.165, 1.54) is 11.0 Å². The molecule has 2 N–H and O–H groups in total. The molecule has 6 heteroatoms. The standard InChI is InChI=1S/C12H8N6/c13-6-11-16-7-18(17-11)10-4-3-9-8(12(10)14)2-1-5-15-9/h1-5,7H,14H2. The minimum atomic E-state index is 0.112. The highest BCUT2D eigenvalue weighted by molar-refractivity contribution is 5.94. The summed E-state index contributed by atoms with van der Waals surface area (Å²) >= 11 is 0. The van der Waals surface area contributed by atoms with Crippen molar-refractivity contribution < 1.29 is 0 Å². The monoisotopic (exact) mass is 236 g/mol.